The minimum absolute atomic E-state index is 0.156. The number of azo groups is 1. The molecule has 0 saturated heterocycles. The lowest BCUT2D eigenvalue weighted by atomic mass is 10.1. The largest absolute Gasteiger partial charge is 0.495 e. The third-order valence-corrected chi connectivity index (χ3v) is 5.31. The molecular formula is C21H23N3O9S2. The molecule has 3 aromatic rings. The Labute approximate surface area is 202 Å². The monoisotopic (exact) mass is 525 g/mol. The Morgan fingerprint density at radius 2 is 1.74 bits per heavy atom. The lowest BCUT2D eigenvalue weighted by Crippen LogP contribution is -2.08. The number of benzene rings is 3. The molecule has 0 fully saturated rings. The number of hydrogen-bond acceptors (Lipinski definition) is 11. The maximum Gasteiger partial charge on any atom is 0.425 e. The summed E-state index contributed by atoms with van der Waals surface area (Å²) in [5.41, 5.74) is 7.84. The van der Waals surface area contributed by atoms with E-state index in [0.29, 0.717) is 34.1 Å². The Bertz CT molecular complexity index is 1420. The number of hydrogen-bond donors (Lipinski definition) is 3. The molecule has 0 aromatic heterocycles. The number of anilines is 1. The summed E-state index contributed by atoms with van der Waals surface area (Å²) in [6.07, 6.45) is 0.180. The van der Waals surface area contributed by atoms with E-state index in [0.717, 1.165) is 10.8 Å². The topological polar surface area (TPSA) is 195 Å². The molecule has 3 aromatic carbocycles. The Balaban J connectivity index is 0.00000100. The van der Waals surface area contributed by atoms with E-state index in [2.05, 4.69) is 10.2 Å². The fraction of sp³-hybridized carbons (Fsp3) is 0.238. The first-order valence-corrected chi connectivity index (χ1v) is 12.5. The van der Waals surface area contributed by atoms with Crippen molar-refractivity contribution in [2.24, 2.45) is 10.2 Å². The van der Waals surface area contributed by atoms with Crippen molar-refractivity contribution in [3.63, 3.8) is 0 Å². The lowest BCUT2D eigenvalue weighted by molar-refractivity contribution is 0.282. The second-order valence-electron chi connectivity index (χ2n) is 6.93. The van der Waals surface area contributed by atoms with Crippen LogP contribution in [0.1, 0.15) is 12.0 Å². The van der Waals surface area contributed by atoms with Crippen molar-refractivity contribution in [2.75, 3.05) is 25.2 Å². The normalized spacial score (nSPS) is 11.2. The maximum atomic E-state index is 10.8. The first-order chi connectivity index (χ1) is 16.5. The van der Waals surface area contributed by atoms with Gasteiger partial charge in [0.1, 0.15) is 11.5 Å². The predicted molar refractivity (Wildman–Crippen MR) is 128 cm³/mol. The fourth-order valence-corrected chi connectivity index (χ4v) is 3.48. The highest BCUT2D eigenvalue weighted by atomic mass is 32.2. The molecule has 0 saturated carbocycles. The molecule has 12 nitrogen and oxygen atoms in total. The third kappa shape index (κ3) is 8.94. The third-order valence-electron chi connectivity index (χ3n) is 4.50. The Hall–Kier alpha value is -3.59. The number of rotatable bonds is 9. The molecule has 14 heteroatoms. The fourth-order valence-electron chi connectivity index (χ4n) is 2.99. The van der Waals surface area contributed by atoms with Crippen LogP contribution in [0.4, 0.5) is 17.1 Å². The highest BCUT2D eigenvalue weighted by Crippen LogP contribution is 2.33. The van der Waals surface area contributed by atoms with Crippen LogP contribution >= 0.6 is 0 Å². The number of methoxy groups -OCH3 is 1. The summed E-state index contributed by atoms with van der Waals surface area (Å²) in [6, 6.07) is 14.1. The zero-order chi connectivity index (χ0) is 26.0. The van der Waals surface area contributed by atoms with Crippen LogP contribution < -0.4 is 15.2 Å². The van der Waals surface area contributed by atoms with Crippen molar-refractivity contribution >= 4 is 48.6 Å². The van der Waals surface area contributed by atoms with Gasteiger partial charge in [-0.15, -0.1) is 12.6 Å². The van der Waals surface area contributed by atoms with Crippen LogP contribution in [-0.4, -0.2) is 50.2 Å². The van der Waals surface area contributed by atoms with Crippen LogP contribution in [0.3, 0.4) is 0 Å². The van der Waals surface area contributed by atoms with Gasteiger partial charge in [-0.05, 0) is 42.1 Å². The molecule has 0 spiro atoms. The number of aliphatic hydroxyl groups is 1. The second kappa shape index (κ2) is 12.8. The average Bonchev–Trinajstić information content (AvgIpc) is 2.79. The molecular weight excluding hydrogens is 502 g/mol. The molecule has 0 radical (unpaired) electrons. The van der Waals surface area contributed by atoms with Crippen LogP contribution in [0.15, 0.2) is 58.8 Å². The highest BCUT2D eigenvalue weighted by Gasteiger charge is 2.09. The lowest BCUT2D eigenvalue weighted by Gasteiger charge is -2.10. The van der Waals surface area contributed by atoms with Gasteiger partial charge in [0.05, 0.1) is 43.1 Å². The Morgan fingerprint density at radius 3 is 2.37 bits per heavy atom. The first-order valence-electron chi connectivity index (χ1n) is 9.90. The molecule has 0 aliphatic rings. The number of nitrogens with two attached hydrogens (primary N) is 1. The Morgan fingerprint density at radius 1 is 1.03 bits per heavy atom. The SMILES string of the molecule is COc1cc(N=Nc2ccc3c(OCCCS(=O)(=O)O)cccc3c2)c(CO)cc1N.O=S(=O)=O. The average molecular weight is 526 g/mol. The minimum Gasteiger partial charge on any atom is -0.495 e. The van der Waals surface area contributed by atoms with Crippen molar-refractivity contribution in [1.82, 2.24) is 0 Å². The van der Waals surface area contributed by atoms with Gasteiger partial charge in [0.15, 0.2) is 0 Å². The van der Waals surface area contributed by atoms with Gasteiger partial charge >= 0.3 is 10.6 Å². The van der Waals surface area contributed by atoms with Crippen molar-refractivity contribution in [3.8, 4) is 11.5 Å². The van der Waals surface area contributed by atoms with Gasteiger partial charge in [0, 0.05) is 17.0 Å². The Kier molecular flexibility index (Phi) is 10.1. The zero-order valence-corrected chi connectivity index (χ0v) is 20.1. The summed E-state index contributed by atoms with van der Waals surface area (Å²) in [6.45, 7) is -0.0815. The molecule has 0 amide bonds. The van der Waals surface area contributed by atoms with Gasteiger partial charge in [-0.1, -0.05) is 12.1 Å². The van der Waals surface area contributed by atoms with E-state index >= 15 is 0 Å². The molecule has 35 heavy (non-hydrogen) atoms. The summed E-state index contributed by atoms with van der Waals surface area (Å²) in [7, 11) is -5.62. The van der Waals surface area contributed by atoms with Crippen LogP contribution in [0.25, 0.3) is 10.8 Å². The van der Waals surface area contributed by atoms with Gasteiger partial charge in [0.2, 0.25) is 0 Å². The number of aliphatic hydroxyl groups excluding tert-OH is 1. The van der Waals surface area contributed by atoms with Crippen LogP contribution in [0.5, 0.6) is 11.5 Å². The van der Waals surface area contributed by atoms with E-state index < -0.39 is 20.7 Å². The van der Waals surface area contributed by atoms with Crippen molar-refractivity contribution in [2.45, 2.75) is 13.0 Å². The molecule has 3 rings (SSSR count). The van der Waals surface area contributed by atoms with Gasteiger partial charge in [0.25, 0.3) is 10.1 Å². The molecule has 0 unspecified atom stereocenters. The first kappa shape index (κ1) is 27.7. The zero-order valence-electron chi connectivity index (χ0n) is 18.5. The van der Waals surface area contributed by atoms with E-state index in [9.17, 15) is 13.5 Å². The summed E-state index contributed by atoms with van der Waals surface area (Å²) in [5.74, 6) is 0.691. The quantitative estimate of drug-likeness (QED) is 0.162. The maximum absolute atomic E-state index is 10.8. The molecule has 0 aliphatic carbocycles. The van der Waals surface area contributed by atoms with Crippen LogP contribution in [0.2, 0.25) is 0 Å². The van der Waals surface area contributed by atoms with Crippen molar-refractivity contribution in [3.05, 3.63) is 54.1 Å². The smallest absolute Gasteiger partial charge is 0.425 e. The predicted octanol–water partition coefficient (Wildman–Crippen LogP) is 2.99. The summed E-state index contributed by atoms with van der Waals surface area (Å²) in [5, 5.41) is 19.7. The number of nitrogen functional groups attached to an aromatic ring is 1. The van der Waals surface area contributed by atoms with Crippen LogP contribution in [0, 0.1) is 0 Å². The summed E-state index contributed by atoms with van der Waals surface area (Å²) >= 11 is 0. The minimum atomic E-state index is -4.00. The van der Waals surface area contributed by atoms with E-state index in [1.54, 1.807) is 24.3 Å². The molecule has 188 valence electrons. The highest BCUT2D eigenvalue weighted by molar-refractivity contribution is 7.85. The van der Waals surface area contributed by atoms with Gasteiger partial charge in [-0.25, -0.2) is 0 Å². The molecule has 0 bridgehead atoms. The summed E-state index contributed by atoms with van der Waals surface area (Å²) in [4.78, 5) is 0. The molecule has 4 N–H and O–H groups in total. The standard InChI is InChI=1S/C21H23N3O6S.O3S/c1-29-21-12-19(15(13-25)11-18(21)22)24-23-16-6-7-17-14(10-16)4-2-5-20(17)30-8-3-9-31(26,27)28;1-4(2)3/h2,4-7,10-12,25H,3,8-9,13,22H2,1H3,(H,26,27,28);. The molecule has 0 heterocycles. The molecule has 0 aliphatic heterocycles. The number of nitrogens with zero attached hydrogens (tertiary/aromatic N) is 2. The van der Waals surface area contributed by atoms with Gasteiger partial charge in [-0.2, -0.15) is 18.6 Å². The number of ether oxygens (including phenoxy) is 2. The van der Waals surface area contributed by atoms with E-state index in [1.807, 2.05) is 24.3 Å². The van der Waals surface area contributed by atoms with Crippen molar-refractivity contribution < 1.29 is 40.2 Å². The second-order valence-corrected chi connectivity index (χ2v) is 8.92. The van der Waals surface area contributed by atoms with Crippen molar-refractivity contribution in [1.29, 1.82) is 0 Å². The molecule has 0 atom stereocenters. The van der Waals surface area contributed by atoms with Gasteiger partial charge in [-0.3, -0.25) is 4.55 Å². The van der Waals surface area contributed by atoms with Gasteiger partial charge < -0.3 is 20.3 Å². The number of fused-ring (bicyclic) bond motifs is 1. The summed E-state index contributed by atoms with van der Waals surface area (Å²) < 4.78 is 66.6. The van der Waals surface area contributed by atoms with E-state index in [-0.39, 0.29) is 25.4 Å². The van der Waals surface area contributed by atoms with E-state index in [1.165, 1.54) is 7.11 Å². The van der Waals surface area contributed by atoms with E-state index in [4.69, 9.17) is 32.4 Å². The van der Waals surface area contributed by atoms with Crippen LogP contribution in [-0.2, 0) is 27.3 Å².